The average Bonchev–Trinajstić information content (AvgIpc) is 2.15. The van der Waals surface area contributed by atoms with Crippen molar-refractivity contribution in [3.8, 4) is 0 Å². The van der Waals surface area contributed by atoms with E-state index in [1.807, 2.05) is 6.92 Å². The Bertz CT molecular complexity index is 349. The van der Waals surface area contributed by atoms with E-state index in [0.717, 1.165) is 5.69 Å². The van der Waals surface area contributed by atoms with Crippen LogP contribution in [0.2, 0.25) is 0 Å². The standard InChI is InChI=1S/C9H15N5O2/c1-6-4-8(14-9(11)13-6)12-2-3-16-5-7(10)15/h4H,2-3,5H2,1H3,(H2,10,15)(H3,11,12,13,14). The fraction of sp³-hybridized carbons (Fsp3) is 0.444. The highest BCUT2D eigenvalue weighted by Crippen LogP contribution is 2.06. The monoisotopic (exact) mass is 225 g/mol. The molecule has 0 fully saturated rings. The Morgan fingerprint density at radius 1 is 1.56 bits per heavy atom. The largest absolute Gasteiger partial charge is 0.370 e. The molecule has 7 heteroatoms. The Labute approximate surface area is 93.2 Å². The van der Waals surface area contributed by atoms with E-state index in [-0.39, 0.29) is 12.6 Å². The molecule has 0 aliphatic carbocycles. The topological polar surface area (TPSA) is 116 Å². The summed E-state index contributed by atoms with van der Waals surface area (Å²) < 4.78 is 4.97. The van der Waals surface area contributed by atoms with E-state index in [9.17, 15) is 4.79 Å². The SMILES string of the molecule is Cc1cc(NCCOCC(N)=O)nc(N)n1. The Kier molecular flexibility index (Phi) is 4.46. The van der Waals surface area contributed by atoms with Gasteiger partial charge in [-0.1, -0.05) is 0 Å². The number of nitrogens with two attached hydrogens (primary N) is 2. The van der Waals surface area contributed by atoms with Gasteiger partial charge in [-0.25, -0.2) is 4.98 Å². The van der Waals surface area contributed by atoms with Crippen LogP contribution in [0.5, 0.6) is 0 Å². The molecule has 1 aromatic rings. The first-order valence-corrected chi connectivity index (χ1v) is 4.79. The molecule has 1 amide bonds. The number of ether oxygens (including phenoxy) is 1. The van der Waals surface area contributed by atoms with E-state index in [1.54, 1.807) is 6.07 Å². The molecule has 7 nitrogen and oxygen atoms in total. The van der Waals surface area contributed by atoms with Crippen molar-refractivity contribution in [3.05, 3.63) is 11.8 Å². The zero-order valence-corrected chi connectivity index (χ0v) is 9.06. The number of anilines is 2. The second kappa shape index (κ2) is 5.86. The molecule has 88 valence electrons. The van der Waals surface area contributed by atoms with Gasteiger partial charge >= 0.3 is 0 Å². The van der Waals surface area contributed by atoms with Crippen molar-refractivity contribution in [2.24, 2.45) is 5.73 Å². The Balaban J connectivity index is 2.29. The number of carbonyl (C=O) groups is 1. The summed E-state index contributed by atoms with van der Waals surface area (Å²) >= 11 is 0. The van der Waals surface area contributed by atoms with Crippen LogP contribution in [0.15, 0.2) is 6.07 Å². The lowest BCUT2D eigenvalue weighted by molar-refractivity contribution is -0.122. The third-order valence-electron chi connectivity index (χ3n) is 1.67. The minimum atomic E-state index is -0.484. The summed E-state index contributed by atoms with van der Waals surface area (Å²) in [7, 11) is 0. The molecule has 0 radical (unpaired) electrons. The lowest BCUT2D eigenvalue weighted by atomic mass is 10.4. The van der Waals surface area contributed by atoms with Crippen molar-refractivity contribution < 1.29 is 9.53 Å². The van der Waals surface area contributed by atoms with E-state index in [1.165, 1.54) is 0 Å². The quantitative estimate of drug-likeness (QED) is 0.550. The smallest absolute Gasteiger partial charge is 0.243 e. The summed E-state index contributed by atoms with van der Waals surface area (Å²) in [5, 5.41) is 2.99. The van der Waals surface area contributed by atoms with Gasteiger partial charge in [0.25, 0.3) is 0 Å². The first-order chi connectivity index (χ1) is 7.58. The van der Waals surface area contributed by atoms with Crippen molar-refractivity contribution >= 4 is 17.7 Å². The molecule has 0 unspecified atom stereocenters. The van der Waals surface area contributed by atoms with Gasteiger partial charge in [0.1, 0.15) is 12.4 Å². The number of aryl methyl sites for hydroxylation is 1. The molecule has 0 bridgehead atoms. The fourth-order valence-corrected chi connectivity index (χ4v) is 1.11. The van der Waals surface area contributed by atoms with Crippen LogP contribution in [0.25, 0.3) is 0 Å². The Morgan fingerprint density at radius 3 is 2.94 bits per heavy atom. The van der Waals surface area contributed by atoms with Crippen LogP contribution < -0.4 is 16.8 Å². The number of rotatable bonds is 6. The van der Waals surface area contributed by atoms with Crippen LogP contribution in [-0.4, -0.2) is 35.6 Å². The summed E-state index contributed by atoms with van der Waals surface area (Å²) in [6.07, 6.45) is 0. The number of nitrogens with one attached hydrogen (secondary N) is 1. The highest BCUT2D eigenvalue weighted by molar-refractivity contribution is 5.74. The minimum absolute atomic E-state index is 0.0768. The number of primary amides is 1. The number of amides is 1. The van der Waals surface area contributed by atoms with Gasteiger partial charge in [-0.2, -0.15) is 4.98 Å². The molecule has 1 aromatic heterocycles. The van der Waals surface area contributed by atoms with Gasteiger partial charge in [-0.05, 0) is 6.92 Å². The van der Waals surface area contributed by atoms with Gasteiger partial charge in [0.05, 0.1) is 6.61 Å². The predicted octanol–water partition coefficient (Wildman–Crippen LogP) is -0.719. The van der Waals surface area contributed by atoms with Gasteiger partial charge in [0, 0.05) is 18.3 Å². The van der Waals surface area contributed by atoms with Gasteiger partial charge in [-0.15, -0.1) is 0 Å². The number of aromatic nitrogens is 2. The maximum atomic E-state index is 10.4. The highest BCUT2D eigenvalue weighted by Gasteiger charge is 1.98. The molecule has 0 spiro atoms. The van der Waals surface area contributed by atoms with Crippen LogP contribution in [0, 0.1) is 6.92 Å². The Morgan fingerprint density at radius 2 is 2.31 bits per heavy atom. The minimum Gasteiger partial charge on any atom is -0.370 e. The van der Waals surface area contributed by atoms with Gasteiger partial charge in [0.2, 0.25) is 11.9 Å². The number of carbonyl (C=O) groups excluding carboxylic acids is 1. The normalized spacial score (nSPS) is 10.1. The Hall–Kier alpha value is -1.89. The third-order valence-corrected chi connectivity index (χ3v) is 1.67. The third kappa shape index (κ3) is 4.56. The second-order valence-corrected chi connectivity index (χ2v) is 3.20. The summed E-state index contributed by atoms with van der Waals surface area (Å²) in [5.41, 5.74) is 11.2. The summed E-state index contributed by atoms with van der Waals surface area (Å²) in [6, 6.07) is 1.77. The predicted molar refractivity (Wildman–Crippen MR) is 59.7 cm³/mol. The van der Waals surface area contributed by atoms with E-state index in [2.05, 4.69) is 15.3 Å². The van der Waals surface area contributed by atoms with Crippen molar-refractivity contribution in [3.63, 3.8) is 0 Å². The van der Waals surface area contributed by atoms with Crippen molar-refractivity contribution in [2.45, 2.75) is 6.92 Å². The van der Waals surface area contributed by atoms with Crippen molar-refractivity contribution in [1.82, 2.24) is 9.97 Å². The number of nitrogen functional groups attached to an aromatic ring is 1. The molecule has 0 saturated carbocycles. The molecule has 0 atom stereocenters. The molecule has 1 rings (SSSR count). The summed E-state index contributed by atoms with van der Waals surface area (Å²) in [4.78, 5) is 18.3. The van der Waals surface area contributed by atoms with Gasteiger partial charge in [-0.3, -0.25) is 4.79 Å². The average molecular weight is 225 g/mol. The lowest BCUT2D eigenvalue weighted by Gasteiger charge is -2.06. The highest BCUT2D eigenvalue weighted by atomic mass is 16.5. The molecule has 16 heavy (non-hydrogen) atoms. The molecule has 0 aromatic carbocycles. The van der Waals surface area contributed by atoms with Crippen LogP contribution in [0.4, 0.5) is 11.8 Å². The number of hydrogen-bond acceptors (Lipinski definition) is 6. The molecular weight excluding hydrogens is 210 g/mol. The maximum Gasteiger partial charge on any atom is 0.243 e. The molecule has 0 aliphatic rings. The first kappa shape index (κ1) is 12.2. The number of nitrogens with zero attached hydrogens (tertiary/aromatic N) is 2. The molecule has 1 heterocycles. The fourth-order valence-electron chi connectivity index (χ4n) is 1.11. The van der Waals surface area contributed by atoms with Crippen LogP contribution in [0.3, 0.4) is 0 Å². The lowest BCUT2D eigenvalue weighted by Crippen LogP contribution is -2.20. The molecule has 0 saturated heterocycles. The second-order valence-electron chi connectivity index (χ2n) is 3.20. The maximum absolute atomic E-state index is 10.4. The summed E-state index contributed by atoms with van der Waals surface area (Å²) in [6.45, 7) is 2.63. The van der Waals surface area contributed by atoms with Crippen LogP contribution in [0.1, 0.15) is 5.69 Å². The first-order valence-electron chi connectivity index (χ1n) is 4.79. The van der Waals surface area contributed by atoms with E-state index >= 15 is 0 Å². The van der Waals surface area contributed by atoms with E-state index in [4.69, 9.17) is 16.2 Å². The van der Waals surface area contributed by atoms with Crippen LogP contribution >= 0.6 is 0 Å². The van der Waals surface area contributed by atoms with Crippen molar-refractivity contribution in [1.29, 1.82) is 0 Å². The van der Waals surface area contributed by atoms with Gasteiger partial charge < -0.3 is 21.5 Å². The van der Waals surface area contributed by atoms with E-state index < -0.39 is 5.91 Å². The molecular formula is C9H15N5O2. The molecule has 0 aliphatic heterocycles. The van der Waals surface area contributed by atoms with Crippen molar-refractivity contribution in [2.75, 3.05) is 30.8 Å². The number of hydrogen-bond donors (Lipinski definition) is 3. The summed E-state index contributed by atoms with van der Waals surface area (Å²) in [5.74, 6) is 0.371. The molecule has 5 N–H and O–H groups in total. The van der Waals surface area contributed by atoms with Gasteiger partial charge in [0.15, 0.2) is 0 Å². The zero-order valence-electron chi connectivity index (χ0n) is 9.06. The zero-order chi connectivity index (χ0) is 12.0. The van der Waals surface area contributed by atoms with Crippen LogP contribution in [-0.2, 0) is 9.53 Å². The van der Waals surface area contributed by atoms with E-state index in [0.29, 0.717) is 19.0 Å².